The summed E-state index contributed by atoms with van der Waals surface area (Å²) in [6, 6.07) is 2.50. The van der Waals surface area contributed by atoms with Gasteiger partial charge in [-0.3, -0.25) is 14.9 Å². The fourth-order valence-electron chi connectivity index (χ4n) is 1.51. The number of nitrogens with one attached hydrogen (secondary N) is 2. The summed E-state index contributed by atoms with van der Waals surface area (Å²) >= 11 is 11.9. The molecule has 3 amide bonds. The first-order valence-corrected chi connectivity index (χ1v) is 6.84. The van der Waals surface area contributed by atoms with Gasteiger partial charge in [-0.25, -0.2) is 4.79 Å². The van der Waals surface area contributed by atoms with Crippen molar-refractivity contribution >= 4 is 46.8 Å². The molecule has 0 fully saturated rings. The van der Waals surface area contributed by atoms with Crippen LogP contribution in [0.1, 0.15) is 24.8 Å². The highest BCUT2D eigenvalue weighted by molar-refractivity contribution is 6.40. The van der Waals surface area contributed by atoms with E-state index in [-0.39, 0.29) is 35.0 Å². The Kier molecular flexibility index (Phi) is 6.45. The van der Waals surface area contributed by atoms with E-state index in [9.17, 15) is 14.4 Å². The fourth-order valence-corrected chi connectivity index (χ4v) is 1.97. The van der Waals surface area contributed by atoms with Gasteiger partial charge in [-0.05, 0) is 25.0 Å². The standard InChI is InChI=1S/C13H14Cl2N2O4/c1-7-5-6-8(14)12(11(7)15)17-13(21)16-9(18)3-2-4-10(19)20/h5-6H,2-4H2,1H3,(H,19,20)(H2,16,17,18,21). The molecule has 0 atom stereocenters. The number of imide groups is 1. The van der Waals surface area contributed by atoms with Crippen LogP contribution in [0.4, 0.5) is 10.5 Å². The zero-order valence-electron chi connectivity index (χ0n) is 11.2. The number of urea groups is 1. The smallest absolute Gasteiger partial charge is 0.325 e. The molecule has 6 nitrogen and oxygen atoms in total. The van der Waals surface area contributed by atoms with E-state index < -0.39 is 17.9 Å². The normalized spacial score (nSPS) is 10.0. The van der Waals surface area contributed by atoms with Gasteiger partial charge in [0.25, 0.3) is 0 Å². The van der Waals surface area contributed by atoms with Gasteiger partial charge in [0.1, 0.15) is 0 Å². The first-order chi connectivity index (χ1) is 9.81. The van der Waals surface area contributed by atoms with Crippen LogP contribution in [-0.2, 0) is 9.59 Å². The number of carbonyl (C=O) groups excluding carboxylic acids is 2. The third-order valence-corrected chi connectivity index (χ3v) is 3.37. The molecule has 8 heteroatoms. The summed E-state index contributed by atoms with van der Waals surface area (Å²) in [7, 11) is 0. The molecule has 0 unspecified atom stereocenters. The van der Waals surface area contributed by atoms with Crippen molar-refractivity contribution in [1.29, 1.82) is 0 Å². The first-order valence-electron chi connectivity index (χ1n) is 6.08. The highest BCUT2D eigenvalue weighted by Gasteiger charge is 2.13. The van der Waals surface area contributed by atoms with E-state index in [4.69, 9.17) is 28.3 Å². The molecule has 21 heavy (non-hydrogen) atoms. The van der Waals surface area contributed by atoms with Gasteiger partial charge in [0, 0.05) is 12.8 Å². The van der Waals surface area contributed by atoms with Crippen molar-refractivity contribution in [3.63, 3.8) is 0 Å². The first kappa shape index (κ1) is 17.3. The summed E-state index contributed by atoms with van der Waals surface area (Å²) in [4.78, 5) is 33.4. The zero-order chi connectivity index (χ0) is 16.0. The number of hydrogen-bond acceptors (Lipinski definition) is 3. The van der Waals surface area contributed by atoms with Crippen molar-refractivity contribution in [2.24, 2.45) is 0 Å². The lowest BCUT2D eigenvalue weighted by atomic mass is 10.2. The lowest BCUT2D eigenvalue weighted by Crippen LogP contribution is -2.34. The fraction of sp³-hybridized carbons (Fsp3) is 0.308. The zero-order valence-corrected chi connectivity index (χ0v) is 12.7. The average Bonchev–Trinajstić information content (AvgIpc) is 2.38. The largest absolute Gasteiger partial charge is 0.481 e. The van der Waals surface area contributed by atoms with E-state index in [2.05, 4.69) is 10.6 Å². The number of carbonyl (C=O) groups is 3. The number of amides is 3. The Labute approximate surface area is 131 Å². The Balaban J connectivity index is 2.56. The molecule has 0 aromatic heterocycles. The molecule has 0 saturated carbocycles. The van der Waals surface area contributed by atoms with Gasteiger partial charge in [0.2, 0.25) is 5.91 Å². The number of halogens is 2. The van der Waals surface area contributed by atoms with Crippen molar-refractivity contribution in [3.05, 3.63) is 27.7 Å². The number of hydrogen-bond donors (Lipinski definition) is 3. The molecule has 0 aliphatic heterocycles. The van der Waals surface area contributed by atoms with Crippen LogP contribution in [-0.4, -0.2) is 23.0 Å². The van der Waals surface area contributed by atoms with E-state index in [1.807, 2.05) is 0 Å². The van der Waals surface area contributed by atoms with Crippen LogP contribution >= 0.6 is 23.2 Å². The number of aliphatic carboxylic acids is 1. The lowest BCUT2D eigenvalue weighted by Gasteiger charge is -2.11. The number of carboxylic acids is 1. The van der Waals surface area contributed by atoms with Gasteiger partial charge in [-0.2, -0.15) is 0 Å². The predicted octanol–water partition coefficient (Wildman–Crippen LogP) is 3.20. The van der Waals surface area contributed by atoms with Crippen molar-refractivity contribution < 1.29 is 19.5 Å². The van der Waals surface area contributed by atoms with Crippen molar-refractivity contribution in [2.75, 3.05) is 5.32 Å². The summed E-state index contributed by atoms with van der Waals surface area (Å²) in [5.41, 5.74) is 0.943. The monoisotopic (exact) mass is 332 g/mol. The van der Waals surface area contributed by atoms with Crippen LogP contribution < -0.4 is 10.6 Å². The maximum Gasteiger partial charge on any atom is 0.325 e. The Bertz CT molecular complexity index is 576. The molecular weight excluding hydrogens is 319 g/mol. The van der Waals surface area contributed by atoms with E-state index in [1.165, 1.54) is 0 Å². The molecule has 0 heterocycles. The van der Waals surface area contributed by atoms with Gasteiger partial charge in [-0.1, -0.05) is 29.3 Å². The molecule has 114 valence electrons. The molecule has 0 bridgehead atoms. The number of rotatable bonds is 5. The molecule has 0 spiro atoms. The van der Waals surface area contributed by atoms with E-state index in [0.29, 0.717) is 0 Å². The van der Waals surface area contributed by atoms with Crippen LogP contribution in [0.2, 0.25) is 10.0 Å². The van der Waals surface area contributed by atoms with Crippen LogP contribution in [0, 0.1) is 6.92 Å². The van der Waals surface area contributed by atoms with Crippen LogP contribution in [0.3, 0.4) is 0 Å². The second-order valence-electron chi connectivity index (χ2n) is 4.30. The minimum absolute atomic E-state index is 0.0605. The third kappa shape index (κ3) is 5.61. The minimum atomic E-state index is -0.995. The quantitative estimate of drug-likeness (QED) is 0.771. The molecule has 0 aliphatic rings. The van der Waals surface area contributed by atoms with Gasteiger partial charge in [-0.15, -0.1) is 0 Å². The van der Waals surface area contributed by atoms with Crippen LogP contribution in [0.15, 0.2) is 12.1 Å². The summed E-state index contributed by atoms with van der Waals surface area (Å²) < 4.78 is 0. The summed E-state index contributed by atoms with van der Waals surface area (Å²) in [6.45, 7) is 1.75. The average molecular weight is 333 g/mol. The Hall–Kier alpha value is -1.79. The predicted molar refractivity (Wildman–Crippen MR) is 79.8 cm³/mol. The minimum Gasteiger partial charge on any atom is -0.481 e. The molecule has 3 N–H and O–H groups in total. The molecule has 1 aromatic rings. The highest BCUT2D eigenvalue weighted by atomic mass is 35.5. The highest BCUT2D eigenvalue weighted by Crippen LogP contribution is 2.32. The Morgan fingerprint density at radius 3 is 2.48 bits per heavy atom. The van der Waals surface area contributed by atoms with Gasteiger partial charge in [0.15, 0.2) is 0 Å². The molecule has 1 rings (SSSR count). The van der Waals surface area contributed by atoms with Crippen molar-refractivity contribution in [3.8, 4) is 0 Å². The van der Waals surface area contributed by atoms with Crippen LogP contribution in [0.5, 0.6) is 0 Å². The Morgan fingerprint density at radius 1 is 1.19 bits per heavy atom. The molecule has 0 saturated heterocycles. The van der Waals surface area contributed by atoms with Crippen molar-refractivity contribution in [1.82, 2.24) is 5.32 Å². The second-order valence-corrected chi connectivity index (χ2v) is 5.09. The molecule has 0 radical (unpaired) electrons. The molecule has 0 aliphatic carbocycles. The topological polar surface area (TPSA) is 95.5 Å². The molecule has 1 aromatic carbocycles. The number of aryl methyl sites for hydroxylation is 1. The van der Waals surface area contributed by atoms with Gasteiger partial charge in [0.05, 0.1) is 15.7 Å². The SMILES string of the molecule is Cc1ccc(Cl)c(NC(=O)NC(=O)CCCC(=O)O)c1Cl. The summed E-state index contributed by atoms with van der Waals surface area (Å²) in [5.74, 6) is -1.57. The van der Waals surface area contributed by atoms with E-state index in [1.54, 1.807) is 19.1 Å². The lowest BCUT2D eigenvalue weighted by molar-refractivity contribution is -0.137. The summed E-state index contributed by atoms with van der Waals surface area (Å²) in [5, 5.41) is 13.5. The maximum atomic E-state index is 11.7. The van der Waals surface area contributed by atoms with Gasteiger partial charge >= 0.3 is 12.0 Å². The third-order valence-electron chi connectivity index (χ3n) is 2.57. The van der Waals surface area contributed by atoms with Gasteiger partial charge < -0.3 is 10.4 Å². The van der Waals surface area contributed by atoms with E-state index in [0.717, 1.165) is 5.56 Å². The maximum absolute atomic E-state index is 11.7. The Morgan fingerprint density at radius 2 is 1.86 bits per heavy atom. The van der Waals surface area contributed by atoms with E-state index >= 15 is 0 Å². The van der Waals surface area contributed by atoms with Crippen molar-refractivity contribution in [2.45, 2.75) is 26.2 Å². The summed E-state index contributed by atoms with van der Waals surface area (Å²) in [6.07, 6.45) is -0.0417. The second kappa shape index (κ2) is 7.85. The number of carboxylic acid groups (broad SMARTS) is 1. The molecular formula is C13H14Cl2N2O4. The van der Waals surface area contributed by atoms with Crippen LogP contribution in [0.25, 0.3) is 0 Å². The number of benzene rings is 1. The number of anilines is 1.